The quantitative estimate of drug-likeness (QED) is 0.0513. The molecule has 0 heterocycles. The first-order valence-corrected chi connectivity index (χ1v) is 23.0. The Labute approximate surface area is 310 Å². The molecule has 0 aromatic carbocycles. The van der Waals surface area contributed by atoms with Crippen LogP contribution in [0.25, 0.3) is 0 Å². The van der Waals surface area contributed by atoms with Crippen LogP contribution in [-0.4, -0.2) is 23.8 Å². The van der Waals surface area contributed by atoms with Crippen LogP contribution < -0.4 is 0 Å². The van der Waals surface area contributed by atoms with E-state index >= 15 is 0 Å². The summed E-state index contributed by atoms with van der Waals surface area (Å²) in [4.78, 5) is 11.9. The molecule has 3 nitrogen and oxygen atoms in total. The van der Waals surface area contributed by atoms with Gasteiger partial charge in [0.1, 0.15) is 0 Å². The van der Waals surface area contributed by atoms with E-state index in [1.54, 1.807) is 0 Å². The van der Waals surface area contributed by atoms with E-state index in [0.717, 1.165) is 25.7 Å². The summed E-state index contributed by atoms with van der Waals surface area (Å²) >= 11 is 0. The first kappa shape index (κ1) is 50.5. The molecule has 1 atom stereocenters. The van der Waals surface area contributed by atoms with Gasteiger partial charge in [0.15, 0.2) is 0 Å². The number of unbranched alkanes of at least 4 members (excludes halogenated alkanes) is 32. The van der Waals surface area contributed by atoms with Crippen LogP contribution in [0.5, 0.6) is 0 Å². The van der Waals surface area contributed by atoms with Crippen molar-refractivity contribution < 1.29 is 14.6 Å². The number of esters is 1. The zero-order chi connectivity index (χ0) is 36.1. The van der Waals surface area contributed by atoms with Crippen LogP contribution in [0.3, 0.4) is 0 Å². The molecule has 0 aliphatic carbocycles. The van der Waals surface area contributed by atoms with Gasteiger partial charge in [-0.3, -0.25) is 4.79 Å². The minimum absolute atomic E-state index is 0.0263. The fraction of sp³-hybridized carbons (Fsp3) is 0.978. The lowest BCUT2D eigenvalue weighted by Crippen LogP contribution is -2.05. The van der Waals surface area contributed by atoms with Gasteiger partial charge in [-0.15, -0.1) is 0 Å². The summed E-state index contributed by atoms with van der Waals surface area (Å²) in [5, 5.41) is 9.54. The van der Waals surface area contributed by atoms with Gasteiger partial charge in [0.25, 0.3) is 0 Å². The van der Waals surface area contributed by atoms with Crippen LogP contribution in [0.1, 0.15) is 278 Å². The van der Waals surface area contributed by atoms with Crippen molar-refractivity contribution in [2.75, 3.05) is 6.61 Å². The third-order valence-corrected chi connectivity index (χ3v) is 10.3. The highest BCUT2D eigenvalue weighted by Crippen LogP contribution is 2.15. The van der Waals surface area contributed by atoms with Gasteiger partial charge in [0.2, 0.25) is 0 Å². The van der Waals surface area contributed by atoms with Gasteiger partial charge >= 0.3 is 5.97 Å². The molecule has 0 bridgehead atoms. The Morgan fingerprint density at radius 1 is 0.367 bits per heavy atom. The summed E-state index contributed by atoms with van der Waals surface area (Å²) in [5.41, 5.74) is 0. The third kappa shape index (κ3) is 49.6. The smallest absolute Gasteiger partial charge is 0.305 e. The van der Waals surface area contributed by atoms with E-state index in [9.17, 15) is 9.90 Å². The maximum absolute atomic E-state index is 11.9. The number of hydrogen-bond acceptors (Lipinski definition) is 3. The van der Waals surface area contributed by atoms with E-state index in [1.807, 2.05) is 0 Å². The molecule has 0 aliphatic rings. The molecule has 0 saturated carbocycles. The first-order valence-electron chi connectivity index (χ1n) is 23.0. The molecule has 0 aromatic heterocycles. The van der Waals surface area contributed by atoms with Gasteiger partial charge in [0.05, 0.1) is 12.7 Å². The lowest BCUT2D eigenvalue weighted by Gasteiger charge is -2.08. The van der Waals surface area contributed by atoms with E-state index in [1.165, 1.54) is 218 Å². The average molecular weight is 695 g/mol. The maximum atomic E-state index is 11.9. The van der Waals surface area contributed by atoms with Crippen LogP contribution in [0.15, 0.2) is 0 Å². The number of aliphatic hydroxyl groups is 1. The van der Waals surface area contributed by atoms with Crippen LogP contribution >= 0.6 is 0 Å². The van der Waals surface area contributed by atoms with Crippen LogP contribution in [0.4, 0.5) is 0 Å². The number of hydrogen-bond donors (Lipinski definition) is 1. The van der Waals surface area contributed by atoms with E-state index in [-0.39, 0.29) is 12.1 Å². The highest BCUT2D eigenvalue weighted by atomic mass is 16.5. The minimum atomic E-state index is -0.0263. The van der Waals surface area contributed by atoms with Gasteiger partial charge in [-0.25, -0.2) is 0 Å². The predicted molar refractivity (Wildman–Crippen MR) is 220 cm³/mol. The minimum Gasteiger partial charge on any atom is -0.466 e. The largest absolute Gasteiger partial charge is 0.466 e. The summed E-state index contributed by atoms with van der Waals surface area (Å²) in [6, 6.07) is 0. The molecule has 0 radical (unpaired) electrons. The monoisotopic (exact) mass is 695 g/mol. The van der Waals surface area contributed by atoms with Crippen molar-refractivity contribution in [2.45, 2.75) is 284 Å². The number of rotatable bonds is 40. The molecule has 1 N–H and O–H groups in total. The Morgan fingerprint density at radius 3 is 0.980 bits per heavy atom. The summed E-state index contributed by atoms with van der Waals surface area (Å²) in [6.45, 7) is 9.62. The van der Waals surface area contributed by atoms with Gasteiger partial charge in [-0.1, -0.05) is 246 Å². The van der Waals surface area contributed by atoms with Gasteiger partial charge in [0, 0.05) is 6.42 Å². The topological polar surface area (TPSA) is 46.5 Å². The summed E-state index contributed by atoms with van der Waals surface area (Å²) in [6.07, 6.45) is 51.0. The normalized spacial score (nSPS) is 11.8. The Bertz CT molecular complexity index is 541. The summed E-state index contributed by atoms with van der Waals surface area (Å²) in [5.74, 6) is 0.0272. The molecule has 0 aromatic rings. The molecule has 0 amide bonds. The van der Waals surface area contributed by atoms with Crippen molar-refractivity contribution in [1.29, 1.82) is 0 Å². The number of aliphatic hydroxyl groups excluding tert-OH is 1. The molecule has 296 valence electrons. The average Bonchev–Trinajstić information content (AvgIpc) is 3.10. The van der Waals surface area contributed by atoms with Crippen molar-refractivity contribution in [3.63, 3.8) is 0 Å². The lowest BCUT2D eigenvalue weighted by atomic mass is 10.0. The summed E-state index contributed by atoms with van der Waals surface area (Å²) < 4.78 is 5.43. The zero-order valence-electron chi connectivity index (χ0n) is 34.6. The van der Waals surface area contributed by atoms with E-state index < -0.39 is 0 Å². The first-order chi connectivity index (χ1) is 24.1. The highest BCUT2D eigenvalue weighted by molar-refractivity contribution is 5.69. The molecule has 1 unspecified atom stereocenters. The fourth-order valence-electron chi connectivity index (χ4n) is 6.76. The predicted octanol–water partition coefficient (Wildman–Crippen LogP) is 16.2. The second-order valence-electron chi connectivity index (χ2n) is 15.5. The second kappa shape index (κ2) is 47.4. The SMILES string of the molecule is CCCCCCCC(O)CCCC.CCCCCCCCCCCCCCCCCC(=O)OCCCCCCCCCCCCCCCC. The number of ether oxygens (including phenoxy) is 1. The Kier molecular flexibility index (Phi) is 48.9. The highest BCUT2D eigenvalue weighted by Gasteiger charge is 2.04. The number of carbonyl (C=O) groups is 1. The van der Waals surface area contributed by atoms with E-state index in [2.05, 4.69) is 27.7 Å². The molecule has 3 heteroatoms. The fourth-order valence-corrected chi connectivity index (χ4v) is 6.76. The van der Waals surface area contributed by atoms with Crippen molar-refractivity contribution in [3.8, 4) is 0 Å². The van der Waals surface area contributed by atoms with Crippen LogP contribution in [0, 0.1) is 0 Å². The van der Waals surface area contributed by atoms with Crippen molar-refractivity contribution in [3.05, 3.63) is 0 Å². The molecule has 0 saturated heterocycles. The molecule has 0 spiro atoms. The van der Waals surface area contributed by atoms with Crippen LogP contribution in [-0.2, 0) is 9.53 Å². The van der Waals surface area contributed by atoms with Gasteiger partial charge < -0.3 is 9.84 Å². The van der Waals surface area contributed by atoms with E-state index in [0.29, 0.717) is 13.0 Å². The second-order valence-corrected chi connectivity index (χ2v) is 15.5. The summed E-state index contributed by atoms with van der Waals surface area (Å²) in [7, 11) is 0. The Balaban J connectivity index is 0. The van der Waals surface area contributed by atoms with Crippen molar-refractivity contribution in [2.24, 2.45) is 0 Å². The Hall–Kier alpha value is -0.570. The molecular formula is C46H94O3. The van der Waals surface area contributed by atoms with Gasteiger partial charge in [-0.05, 0) is 25.7 Å². The molecular weight excluding hydrogens is 601 g/mol. The Morgan fingerprint density at radius 2 is 0.633 bits per heavy atom. The lowest BCUT2D eigenvalue weighted by molar-refractivity contribution is -0.143. The zero-order valence-corrected chi connectivity index (χ0v) is 34.6. The molecule has 49 heavy (non-hydrogen) atoms. The maximum Gasteiger partial charge on any atom is 0.305 e. The number of carbonyl (C=O) groups excluding carboxylic acids is 1. The third-order valence-electron chi connectivity index (χ3n) is 10.3. The standard InChI is InChI=1S/C34H68O2.C12H26O/c1-3-5-7-9-11-13-15-17-19-20-22-24-26-28-30-32-34(35)36-33-31-29-27-25-23-21-18-16-14-12-10-8-6-4-2;1-3-5-7-8-9-11-12(13)10-6-4-2/h3-33H2,1-2H3;12-13H,3-11H2,1-2H3. The van der Waals surface area contributed by atoms with Crippen molar-refractivity contribution in [1.82, 2.24) is 0 Å². The van der Waals surface area contributed by atoms with E-state index in [4.69, 9.17) is 4.74 Å². The molecule has 0 aliphatic heterocycles. The van der Waals surface area contributed by atoms with Gasteiger partial charge in [-0.2, -0.15) is 0 Å². The van der Waals surface area contributed by atoms with Crippen molar-refractivity contribution >= 4 is 5.97 Å². The molecule has 0 rings (SSSR count). The molecule has 0 fully saturated rings. The van der Waals surface area contributed by atoms with Crippen LogP contribution in [0.2, 0.25) is 0 Å².